The van der Waals surface area contributed by atoms with E-state index in [-0.39, 0.29) is 18.0 Å². The van der Waals surface area contributed by atoms with Gasteiger partial charge < -0.3 is 10.8 Å². The van der Waals surface area contributed by atoms with E-state index in [0.29, 0.717) is 16.7 Å². The third-order valence-corrected chi connectivity index (χ3v) is 5.80. The largest absolute Gasteiger partial charge is 0.398 e. The highest BCUT2D eigenvalue weighted by molar-refractivity contribution is 9.10. The third kappa shape index (κ3) is 5.25. The summed E-state index contributed by atoms with van der Waals surface area (Å²) in [5, 5.41) is 9.11. The van der Waals surface area contributed by atoms with Gasteiger partial charge in [0.15, 0.2) is 0 Å². The lowest BCUT2D eigenvalue weighted by Gasteiger charge is -2.21. The van der Waals surface area contributed by atoms with Crippen molar-refractivity contribution < 1.29 is 13.5 Å². The molecule has 0 heterocycles. The van der Waals surface area contributed by atoms with E-state index in [4.69, 9.17) is 10.8 Å². The van der Waals surface area contributed by atoms with Crippen molar-refractivity contribution in [3.63, 3.8) is 0 Å². The minimum Gasteiger partial charge on any atom is -0.398 e. The fourth-order valence-corrected chi connectivity index (χ4v) is 4.02. The number of rotatable bonds is 9. The van der Waals surface area contributed by atoms with E-state index in [1.165, 1.54) is 16.4 Å². The number of aliphatic hydroxyl groups excluding tert-OH is 1. The van der Waals surface area contributed by atoms with Crippen LogP contribution < -0.4 is 5.73 Å². The number of halogens is 1. The lowest BCUT2D eigenvalue weighted by atomic mass is 10.2. The maximum absolute atomic E-state index is 12.6. The average Bonchev–Trinajstić information content (AvgIpc) is 2.45. The van der Waals surface area contributed by atoms with Crippen LogP contribution >= 0.6 is 15.9 Å². The zero-order chi connectivity index (χ0) is 15.9. The summed E-state index contributed by atoms with van der Waals surface area (Å²) >= 11 is 3.24. The quantitative estimate of drug-likeness (QED) is 0.510. The summed E-state index contributed by atoms with van der Waals surface area (Å²) in [6, 6.07) is 4.55. The van der Waals surface area contributed by atoms with Gasteiger partial charge in [-0.1, -0.05) is 26.2 Å². The molecule has 1 aromatic carbocycles. The van der Waals surface area contributed by atoms with Crippen LogP contribution in [0.5, 0.6) is 0 Å². The molecule has 120 valence electrons. The molecule has 1 aromatic rings. The Morgan fingerprint density at radius 2 is 1.95 bits per heavy atom. The SMILES string of the molecule is CCCCCCN(CCO)S(=O)(=O)c1ccc(N)c(Br)c1. The molecule has 0 saturated carbocycles. The van der Waals surface area contributed by atoms with Gasteiger partial charge in [-0.05, 0) is 40.5 Å². The molecule has 21 heavy (non-hydrogen) atoms. The molecule has 0 amide bonds. The van der Waals surface area contributed by atoms with Crippen molar-refractivity contribution in [1.29, 1.82) is 0 Å². The second-order valence-electron chi connectivity index (χ2n) is 4.87. The second kappa shape index (κ2) is 8.73. The van der Waals surface area contributed by atoms with Crippen molar-refractivity contribution in [2.75, 3.05) is 25.4 Å². The van der Waals surface area contributed by atoms with Gasteiger partial charge in [0.05, 0.1) is 11.5 Å². The molecule has 0 aromatic heterocycles. The van der Waals surface area contributed by atoms with Crippen LogP contribution in [0.3, 0.4) is 0 Å². The maximum atomic E-state index is 12.6. The Bertz CT molecular complexity index is 549. The van der Waals surface area contributed by atoms with Crippen LogP contribution in [-0.4, -0.2) is 37.5 Å². The van der Waals surface area contributed by atoms with Crippen LogP contribution in [0.1, 0.15) is 32.6 Å². The number of unbranched alkanes of at least 4 members (excludes halogenated alkanes) is 3. The number of sulfonamides is 1. The highest BCUT2D eigenvalue weighted by Crippen LogP contribution is 2.25. The zero-order valence-corrected chi connectivity index (χ0v) is 14.7. The number of aliphatic hydroxyl groups is 1. The predicted molar refractivity (Wildman–Crippen MR) is 88.5 cm³/mol. The molecule has 0 bridgehead atoms. The summed E-state index contributed by atoms with van der Waals surface area (Å²) in [5.41, 5.74) is 6.18. The third-order valence-electron chi connectivity index (χ3n) is 3.22. The van der Waals surface area contributed by atoms with Crippen molar-refractivity contribution in [2.45, 2.75) is 37.5 Å². The van der Waals surface area contributed by atoms with Gasteiger partial charge in [-0.2, -0.15) is 4.31 Å². The van der Waals surface area contributed by atoms with Crippen molar-refractivity contribution in [3.8, 4) is 0 Å². The molecule has 0 saturated heterocycles. The van der Waals surface area contributed by atoms with Crippen molar-refractivity contribution in [3.05, 3.63) is 22.7 Å². The Balaban J connectivity index is 2.90. The van der Waals surface area contributed by atoms with Crippen molar-refractivity contribution >= 4 is 31.6 Å². The first kappa shape index (κ1) is 18.4. The standard InChI is InChI=1S/C14H23BrN2O3S/c1-2-3-4-5-8-17(9-10-18)21(19,20)12-6-7-14(16)13(15)11-12/h6-7,11,18H,2-5,8-10,16H2,1H3. The number of hydrogen-bond acceptors (Lipinski definition) is 4. The Kier molecular flexibility index (Phi) is 7.65. The van der Waals surface area contributed by atoms with Gasteiger partial charge >= 0.3 is 0 Å². The first-order valence-corrected chi connectivity index (χ1v) is 9.32. The topological polar surface area (TPSA) is 83.6 Å². The van der Waals surface area contributed by atoms with E-state index in [1.807, 2.05) is 0 Å². The fraction of sp³-hybridized carbons (Fsp3) is 0.571. The van der Waals surface area contributed by atoms with E-state index in [1.54, 1.807) is 6.07 Å². The average molecular weight is 379 g/mol. The van der Waals surface area contributed by atoms with Crippen LogP contribution in [0.2, 0.25) is 0 Å². The smallest absolute Gasteiger partial charge is 0.243 e. The summed E-state index contributed by atoms with van der Waals surface area (Å²) < 4.78 is 27.1. The van der Waals surface area contributed by atoms with Crippen LogP contribution in [0.15, 0.2) is 27.6 Å². The minimum absolute atomic E-state index is 0.108. The van der Waals surface area contributed by atoms with Gasteiger partial charge in [0.25, 0.3) is 0 Å². The van der Waals surface area contributed by atoms with Gasteiger partial charge in [0.1, 0.15) is 0 Å². The Labute approximate surface area is 135 Å². The molecule has 5 nitrogen and oxygen atoms in total. The molecular weight excluding hydrogens is 356 g/mol. The first-order valence-electron chi connectivity index (χ1n) is 7.09. The molecule has 1 rings (SSSR count). The normalized spacial score (nSPS) is 12.0. The van der Waals surface area contributed by atoms with Gasteiger partial charge in [0.2, 0.25) is 10.0 Å². The molecular formula is C14H23BrN2O3S. The second-order valence-corrected chi connectivity index (χ2v) is 7.66. The van der Waals surface area contributed by atoms with Crippen LogP contribution in [0.4, 0.5) is 5.69 Å². The van der Waals surface area contributed by atoms with E-state index >= 15 is 0 Å². The molecule has 0 atom stereocenters. The molecule has 0 radical (unpaired) electrons. The van der Waals surface area contributed by atoms with Gasteiger partial charge in [0, 0.05) is 23.2 Å². The number of hydrogen-bond donors (Lipinski definition) is 2. The molecule has 0 aliphatic heterocycles. The highest BCUT2D eigenvalue weighted by Gasteiger charge is 2.24. The predicted octanol–water partition coefficient (Wildman–Crippen LogP) is 2.59. The number of nitrogen functional groups attached to an aromatic ring is 1. The Hall–Kier alpha value is -0.630. The van der Waals surface area contributed by atoms with Gasteiger partial charge in [-0.3, -0.25) is 0 Å². The first-order chi connectivity index (χ1) is 9.93. The summed E-state index contributed by atoms with van der Waals surface area (Å²) in [5.74, 6) is 0. The fourth-order valence-electron chi connectivity index (χ4n) is 2.00. The zero-order valence-electron chi connectivity index (χ0n) is 12.3. The monoisotopic (exact) mass is 378 g/mol. The molecule has 0 fully saturated rings. The molecule has 0 unspecified atom stereocenters. The van der Waals surface area contributed by atoms with E-state index in [9.17, 15) is 8.42 Å². The summed E-state index contributed by atoms with van der Waals surface area (Å²) in [6.07, 6.45) is 3.96. The van der Waals surface area contributed by atoms with E-state index < -0.39 is 10.0 Å². The number of nitrogens with zero attached hydrogens (tertiary/aromatic N) is 1. The van der Waals surface area contributed by atoms with E-state index in [2.05, 4.69) is 22.9 Å². The van der Waals surface area contributed by atoms with Crippen molar-refractivity contribution in [2.24, 2.45) is 0 Å². The maximum Gasteiger partial charge on any atom is 0.243 e. The number of nitrogens with two attached hydrogens (primary N) is 1. The van der Waals surface area contributed by atoms with E-state index in [0.717, 1.165) is 25.7 Å². The molecule has 0 aliphatic rings. The Morgan fingerprint density at radius 3 is 2.52 bits per heavy atom. The summed E-state index contributed by atoms with van der Waals surface area (Å²) in [4.78, 5) is 0.188. The van der Waals surface area contributed by atoms with Crippen LogP contribution in [0, 0.1) is 0 Å². The van der Waals surface area contributed by atoms with Crippen molar-refractivity contribution in [1.82, 2.24) is 4.31 Å². The van der Waals surface area contributed by atoms with Gasteiger partial charge in [-0.15, -0.1) is 0 Å². The Morgan fingerprint density at radius 1 is 1.24 bits per heavy atom. The van der Waals surface area contributed by atoms with Crippen LogP contribution in [0.25, 0.3) is 0 Å². The molecule has 3 N–H and O–H groups in total. The lowest BCUT2D eigenvalue weighted by molar-refractivity contribution is 0.251. The van der Waals surface area contributed by atoms with Gasteiger partial charge in [-0.25, -0.2) is 8.42 Å². The lowest BCUT2D eigenvalue weighted by Crippen LogP contribution is -2.34. The molecule has 0 spiro atoms. The minimum atomic E-state index is -3.60. The van der Waals surface area contributed by atoms with Crippen LogP contribution in [-0.2, 0) is 10.0 Å². The highest BCUT2D eigenvalue weighted by atomic mass is 79.9. The summed E-state index contributed by atoms with van der Waals surface area (Å²) in [7, 11) is -3.60. The number of anilines is 1. The number of benzene rings is 1. The molecule has 0 aliphatic carbocycles. The molecule has 7 heteroatoms. The summed E-state index contributed by atoms with van der Waals surface area (Å²) in [6.45, 7) is 2.44.